The van der Waals surface area contributed by atoms with Crippen molar-refractivity contribution in [3.05, 3.63) is 23.8 Å². The van der Waals surface area contributed by atoms with Crippen LogP contribution < -0.4 is 4.74 Å². The third-order valence-electron chi connectivity index (χ3n) is 7.80. The first-order valence-corrected chi connectivity index (χ1v) is 12.8. The molecule has 2 heterocycles. The van der Waals surface area contributed by atoms with Crippen molar-refractivity contribution in [2.75, 3.05) is 52.9 Å². The lowest BCUT2D eigenvalue weighted by molar-refractivity contribution is 0.0906. The molecule has 1 saturated carbocycles. The molecule has 0 amide bonds. The van der Waals surface area contributed by atoms with E-state index in [2.05, 4.69) is 14.7 Å². The molecule has 31 heavy (non-hydrogen) atoms. The maximum absolute atomic E-state index is 10.6. The third kappa shape index (κ3) is 6.36. The molecule has 0 radical (unpaired) electrons. The van der Waals surface area contributed by atoms with Crippen molar-refractivity contribution in [3.63, 3.8) is 0 Å². The molecule has 1 aromatic carbocycles. The summed E-state index contributed by atoms with van der Waals surface area (Å²) in [4.78, 5) is 8.02. The number of phenolic OH excluding ortho intramolecular Hbond substituents is 1. The van der Waals surface area contributed by atoms with E-state index in [1.54, 1.807) is 13.2 Å². The Morgan fingerprint density at radius 3 is 2.58 bits per heavy atom. The van der Waals surface area contributed by atoms with E-state index in [0.29, 0.717) is 5.75 Å². The molecule has 0 aromatic heterocycles. The predicted molar refractivity (Wildman–Crippen MR) is 127 cm³/mol. The van der Waals surface area contributed by atoms with Crippen LogP contribution in [0.4, 0.5) is 0 Å². The average Bonchev–Trinajstić information content (AvgIpc) is 3.35. The molecular formula is C26H43N3O2. The van der Waals surface area contributed by atoms with E-state index in [4.69, 9.17) is 4.74 Å². The summed E-state index contributed by atoms with van der Waals surface area (Å²) in [7, 11) is 1.71. The van der Waals surface area contributed by atoms with Crippen LogP contribution in [0.15, 0.2) is 18.2 Å². The topological polar surface area (TPSA) is 39.2 Å². The van der Waals surface area contributed by atoms with Gasteiger partial charge in [0.1, 0.15) is 11.5 Å². The Kier molecular flexibility index (Phi) is 8.51. The van der Waals surface area contributed by atoms with Gasteiger partial charge in [-0.3, -0.25) is 4.90 Å². The SMILES string of the molecule is COc1cccc(O)c1CN(CCN1CCCCC1)CC1CCCN(C2CCCC2)C1. The summed E-state index contributed by atoms with van der Waals surface area (Å²) >= 11 is 0. The summed E-state index contributed by atoms with van der Waals surface area (Å²) < 4.78 is 5.59. The van der Waals surface area contributed by atoms with E-state index in [0.717, 1.165) is 49.5 Å². The minimum atomic E-state index is 0.360. The van der Waals surface area contributed by atoms with Crippen LogP contribution in [0.3, 0.4) is 0 Å². The molecule has 3 fully saturated rings. The van der Waals surface area contributed by atoms with Crippen molar-refractivity contribution in [3.8, 4) is 11.5 Å². The first-order chi connectivity index (χ1) is 15.2. The predicted octanol–water partition coefficient (Wildman–Crippen LogP) is 4.34. The molecular weight excluding hydrogens is 386 g/mol. The van der Waals surface area contributed by atoms with Gasteiger partial charge < -0.3 is 19.6 Å². The van der Waals surface area contributed by atoms with Gasteiger partial charge in [0.2, 0.25) is 0 Å². The van der Waals surface area contributed by atoms with E-state index >= 15 is 0 Å². The number of methoxy groups -OCH3 is 1. The van der Waals surface area contributed by atoms with Crippen molar-refractivity contribution in [2.45, 2.75) is 70.4 Å². The highest BCUT2D eigenvalue weighted by Crippen LogP contribution is 2.31. The minimum Gasteiger partial charge on any atom is -0.507 e. The Morgan fingerprint density at radius 1 is 1.00 bits per heavy atom. The van der Waals surface area contributed by atoms with Crippen LogP contribution in [0, 0.1) is 5.92 Å². The van der Waals surface area contributed by atoms with E-state index in [-0.39, 0.29) is 0 Å². The summed E-state index contributed by atoms with van der Waals surface area (Å²) in [6.45, 7) is 9.12. The zero-order valence-electron chi connectivity index (χ0n) is 19.6. The number of hydrogen-bond donors (Lipinski definition) is 1. The molecule has 0 bridgehead atoms. The van der Waals surface area contributed by atoms with Crippen LogP contribution in [-0.2, 0) is 6.54 Å². The van der Waals surface area contributed by atoms with Gasteiger partial charge in [-0.2, -0.15) is 0 Å². The number of benzene rings is 1. The Labute approximate surface area is 189 Å². The van der Waals surface area contributed by atoms with Gasteiger partial charge in [-0.05, 0) is 76.2 Å². The van der Waals surface area contributed by atoms with Gasteiger partial charge in [0.05, 0.1) is 7.11 Å². The van der Waals surface area contributed by atoms with Gasteiger partial charge in [-0.25, -0.2) is 0 Å². The molecule has 5 heteroatoms. The zero-order chi connectivity index (χ0) is 21.5. The number of nitrogens with zero attached hydrogens (tertiary/aromatic N) is 3. The second-order valence-electron chi connectivity index (χ2n) is 10.0. The van der Waals surface area contributed by atoms with Crippen LogP contribution in [-0.4, -0.2) is 78.8 Å². The molecule has 1 aliphatic carbocycles. The molecule has 4 rings (SSSR count). The molecule has 1 aromatic rings. The highest BCUT2D eigenvalue weighted by atomic mass is 16.5. The lowest BCUT2D eigenvalue weighted by Gasteiger charge is -2.39. The maximum atomic E-state index is 10.6. The Morgan fingerprint density at radius 2 is 1.81 bits per heavy atom. The second-order valence-corrected chi connectivity index (χ2v) is 10.0. The Bertz CT molecular complexity index is 671. The summed E-state index contributed by atoms with van der Waals surface area (Å²) in [6.07, 6.45) is 12.4. The van der Waals surface area contributed by atoms with E-state index < -0.39 is 0 Å². The highest BCUT2D eigenvalue weighted by molar-refractivity contribution is 5.43. The van der Waals surface area contributed by atoms with E-state index in [1.165, 1.54) is 84.0 Å². The quantitative estimate of drug-likeness (QED) is 0.632. The molecule has 1 unspecified atom stereocenters. The van der Waals surface area contributed by atoms with Crippen molar-refractivity contribution >= 4 is 0 Å². The van der Waals surface area contributed by atoms with Gasteiger partial charge in [0, 0.05) is 44.3 Å². The van der Waals surface area contributed by atoms with Gasteiger partial charge in [-0.15, -0.1) is 0 Å². The Hall–Kier alpha value is -1.30. The molecule has 5 nitrogen and oxygen atoms in total. The number of rotatable bonds is 9. The lowest BCUT2D eigenvalue weighted by Crippen LogP contribution is -2.46. The standard InChI is InChI=1S/C26H43N3O2/c1-31-26-13-7-12-25(30)24(26)21-28(18-17-27-14-5-2-6-15-27)19-22-9-8-16-29(20-22)23-10-3-4-11-23/h7,12-13,22-23,30H,2-6,8-11,14-21H2,1H3. The lowest BCUT2D eigenvalue weighted by atomic mass is 9.95. The molecule has 2 aliphatic heterocycles. The van der Waals surface area contributed by atoms with Crippen LogP contribution in [0.1, 0.15) is 63.4 Å². The highest BCUT2D eigenvalue weighted by Gasteiger charge is 2.29. The molecule has 0 spiro atoms. The number of aromatic hydroxyl groups is 1. The number of likely N-dealkylation sites (tertiary alicyclic amines) is 2. The fourth-order valence-electron chi connectivity index (χ4n) is 6.04. The number of piperidine rings is 2. The van der Waals surface area contributed by atoms with E-state index in [9.17, 15) is 5.11 Å². The van der Waals surface area contributed by atoms with Crippen molar-refractivity contribution in [1.82, 2.24) is 14.7 Å². The molecule has 1 atom stereocenters. The smallest absolute Gasteiger partial charge is 0.127 e. The molecule has 2 saturated heterocycles. The number of phenols is 1. The largest absolute Gasteiger partial charge is 0.507 e. The monoisotopic (exact) mass is 429 g/mol. The fourth-order valence-corrected chi connectivity index (χ4v) is 6.04. The third-order valence-corrected chi connectivity index (χ3v) is 7.80. The van der Waals surface area contributed by atoms with Gasteiger partial charge >= 0.3 is 0 Å². The first kappa shape index (κ1) is 22.9. The van der Waals surface area contributed by atoms with Crippen molar-refractivity contribution in [1.29, 1.82) is 0 Å². The van der Waals surface area contributed by atoms with Gasteiger partial charge in [0.25, 0.3) is 0 Å². The average molecular weight is 430 g/mol. The summed E-state index contributed by atoms with van der Waals surface area (Å²) in [6, 6.07) is 6.47. The number of ether oxygens (including phenoxy) is 1. The van der Waals surface area contributed by atoms with Crippen LogP contribution in [0.25, 0.3) is 0 Å². The van der Waals surface area contributed by atoms with Crippen LogP contribution in [0.5, 0.6) is 11.5 Å². The normalized spacial score (nSPS) is 24.1. The van der Waals surface area contributed by atoms with Gasteiger partial charge in [0.15, 0.2) is 0 Å². The van der Waals surface area contributed by atoms with Crippen LogP contribution >= 0.6 is 0 Å². The molecule has 3 aliphatic rings. The number of hydrogen-bond acceptors (Lipinski definition) is 5. The zero-order valence-corrected chi connectivity index (χ0v) is 19.6. The summed E-state index contributed by atoms with van der Waals surface area (Å²) in [5.41, 5.74) is 0.937. The van der Waals surface area contributed by atoms with Crippen molar-refractivity contribution < 1.29 is 9.84 Å². The molecule has 1 N–H and O–H groups in total. The Balaban J connectivity index is 1.41. The van der Waals surface area contributed by atoms with Crippen LogP contribution in [0.2, 0.25) is 0 Å². The van der Waals surface area contributed by atoms with Gasteiger partial charge in [-0.1, -0.05) is 25.3 Å². The minimum absolute atomic E-state index is 0.360. The maximum Gasteiger partial charge on any atom is 0.127 e. The second kappa shape index (κ2) is 11.5. The van der Waals surface area contributed by atoms with E-state index in [1.807, 2.05) is 12.1 Å². The molecule has 174 valence electrons. The van der Waals surface area contributed by atoms with Crippen molar-refractivity contribution in [2.24, 2.45) is 5.92 Å². The fraction of sp³-hybridized carbons (Fsp3) is 0.769. The first-order valence-electron chi connectivity index (χ1n) is 12.8. The summed E-state index contributed by atoms with van der Waals surface area (Å²) in [5, 5.41) is 10.6. The summed E-state index contributed by atoms with van der Waals surface area (Å²) in [5.74, 6) is 1.89.